The van der Waals surface area contributed by atoms with Crippen LogP contribution in [0.1, 0.15) is 5.69 Å². The van der Waals surface area contributed by atoms with Crippen LogP contribution in [0, 0.1) is 0 Å². The van der Waals surface area contributed by atoms with E-state index in [9.17, 15) is 0 Å². The standard InChI is InChI=1S/C12H19ClN4O2/c1-18-10-6-17(7-11(10)19-2)5-9-8(13)3-4-12(15-9)16-14/h3-4,10-11H,5-7,14H2,1-2H3,(H,15,16). The molecule has 0 aromatic carbocycles. The van der Waals surface area contributed by atoms with Gasteiger partial charge in [0, 0.05) is 33.9 Å². The predicted molar refractivity (Wildman–Crippen MR) is 73.9 cm³/mol. The topological polar surface area (TPSA) is 72.6 Å². The molecule has 2 heterocycles. The first-order chi connectivity index (χ1) is 9.17. The van der Waals surface area contributed by atoms with Crippen LogP contribution in [-0.2, 0) is 16.0 Å². The van der Waals surface area contributed by atoms with E-state index in [2.05, 4.69) is 15.3 Å². The van der Waals surface area contributed by atoms with Crippen molar-refractivity contribution in [1.82, 2.24) is 9.88 Å². The van der Waals surface area contributed by atoms with Crippen molar-refractivity contribution in [2.24, 2.45) is 5.84 Å². The number of aromatic nitrogens is 1. The van der Waals surface area contributed by atoms with Gasteiger partial charge >= 0.3 is 0 Å². The average molecular weight is 287 g/mol. The lowest BCUT2D eigenvalue weighted by Gasteiger charge is -2.16. The fourth-order valence-electron chi connectivity index (χ4n) is 2.29. The molecule has 106 valence electrons. The predicted octanol–water partition coefficient (Wildman–Crippen LogP) is 0.866. The molecule has 19 heavy (non-hydrogen) atoms. The number of halogens is 1. The molecular formula is C12H19ClN4O2. The van der Waals surface area contributed by atoms with Gasteiger partial charge in [-0.15, -0.1) is 0 Å². The molecule has 0 spiro atoms. The van der Waals surface area contributed by atoms with Gasteiger partial charge in [0.05, 0.1) is 22.9 Å². The summed E-state index contributed by atoms with van der Waals surface area (Å²) in [4.78, 5) is 6.57. The quantitative estimate of drug-likeness (QED) is 0.618. The summed E-state index contributed by atoms with van der Waals surface area (Å²) in [5.74, 6) is 5.96. The van der Waals surface area contributed by atoms with Crippen LogP contribution in [0.3, 0.4) is 0 Å². The highest BCUT2D eigenvalue weighted by Gasteiger charge is 2.33. The van der Waals surface area contributed by atoms with Crippen LogP contribution < -0.4 is 11.3 Å². The Labute approximate surface area is 117 Å². The average Bonchev–Trinajstić information content (AvgIpc) is 2.83. The lowest BCUT2D eigenvalue weighted by Crippen LogP contribution is -2.27. The Morgan fingerprint density at radius 1 is 1.37 bits per heavy atom. The van der Waals surface area contributed by atoms with Crippen LogP contribution in [-0.4, -0.2) is 49.4 Å². The highest BCUT2D eigenvalue weighted by atomic mass is 35.5. The van der Waals surface area contributed by atoms with Gasteiger partial charge in [0.2, 0.25) is 0 Å². The minimum absolute atomic E-state index is 0.0830. The number of methoxy groups -OCH3 is 2. The monoisotopic (exact) mass is 286 g/mol. The summed E-state index contributed by atoms with van der Waals surface area (Å²) < 4.78 is 10.8. The molecule has 1 aromatic rings. The minimum atomic E-state index is 0.0830. The Balaban J connectivity index is 2.06. The zero-order valence-corrected chi connectivity index (χ0v) is 11.9. The van der Waals surface area contributed by atoms with Gasteiger partial charge < -0.3 is 14.9 Å². The zero-order chi connectivity index (χ0) is 13.8. The Bertz CT molecular complexity index is 420. The van der Waals surface area contributed by atoms with Crippen LogP contribution in [0.15, 0.2) is 12.1 Å². The first kappa shape index (κ1) is 14.5. The van der Waals surface area contributed by atoms with Crippen molar-refractivity contribution in [3.63, 3.8) is 0 Å². The van der Waals surface area contributed by atoms with Crippen molar-refractivity contribution in [1.29, 1.82) is 0 Å². The molecule has 0 amide bonds. The number of nitrogens with one attached hydrogen (secondary N) is 1. The van der Waals surface area contributed by atoms with Gasteiger partial charge in [-0.1, -0.05) is 11.6 Å². The fourth-order valence-corrected chi connectivity index (χ4v) is 2.45. The summed E-state index contributed by atoms with van der Waals surface area (Å²) in [5, 5.41) is 0.633. The van der Waals surface area contributed by atoms with Crippen LogP contribution in [0.5, 0.6) is 0 Å². The molecule has 2 unspecified atom stereocenters. The van der Waals surface area contributed by atoms with E-state index in [4.69, 9.17) is 26.9 Å². The molecule has 3 N–H and O–H groups in total. The SMILES string of the molecule is COC1CN(Cc2nc(NN)ccc2Cl)CC1OC. The van der Waals surface area contributed by atoms with E-state index < -0.39 is 0 Å². The summed E-state index contributed by atoms with van der Waals surface area (Å²) in [6.07, 6.45) is 0.166. The molecule has 1 aliphatic rings. The van der Waals surface area contributed by atoms with Crippen molar-refractivity contribution >= 4 is 17.4 Å². The van der Waals surface area contributed by atoms with Gasteiger partial charge in [-0.3, -0.25) is 4.90 Å². The summed E-state index contributed by atoms with van der Waals surface area (Å²) >= 11 is 6.15. The smallest absolute Gasteiger partial charge is 0.140 e. The van der Waals surface area contributed by atoms with Gasteiger partial charge in [0.25, 0.3) is 0 Å². The van der Waals surface area contributed by atoms with Crippen LogP contribution >= 0.6 is 11.6 Å². The number of nitrogens with two attached hydrogens (primary N) is 1. The molecule has 2 rings (SSSR count). The Hall–Kier alpha value is -0.920. The maximum absolute atomic E-state index is 6.15. The van der Waals surface area contributed by atoms with E-state index in [1.54, 1.807) is 26.4 Å². The van der Waals surface area contributed by atoms with Crippen LogP contribution in [0.4, 0.5) is 5.82 Å². The molecule has 2 atom stereocenters. The molecule has 0 bridgehead atoms. The summed E-state index contributed by atoms with van der Waals surface area (Å²) in [7, 11) is 3.40. The molecule has 0 aliphatic carbocycles. The second-order valence-electron chi connectivity index (χ2n) is 4.51. The molecule has 7 heteroatoms. The molecule has 1 aliphatic heterocycles. The minimum Gasteiger partial charge on any atom is -0.377 e. The number of anilines is 1. The van der Waals surface area contributed by atoms with E-state index in [1.165, 1.54) is 0 Å². The third kappa shape index (κ3) is 3.34. The van der Waals surface area contributed by atoms with E-state index in [0.29, 0.717) is 17.4 Å². The van der Waals surface area contributed by atoms with Crippen molar-refractivity contribution in [3.8, 4) is 0 Å². The van der Waals surface area contributed by atoms with Gasteiger partial charge in [0.15, 0.2) is 0 Å². The number of nitrogens with zero attached hydrogens (tertiary/aromatic N) is 2. The van der Waals surface area contributed by atoms with Crippen molar-refractivity contribution < 1.29 is 9.47 Å². The number of pyridine rings is 1. The molecule has 1 fully saturated rings. The van der Waals surface area contributed by atoms with Gasteiger partial charge in [-0.05, 0) is 12.1 Å². The van der Waals surface area contributed by atoms with Crippen molar-refractivity contribution in [3.05, 3.63) is 22.8 Å². The molecular weight excluding hydrogens is 268 g/mol. The fraction of sp³-hybridized carbons (Fsp3) is 0.583. The lowest BCUT2D eigenvalue weighted by molar-refractivity contribution is -0.00461. The maximum Gasteiger partial charge on any atom is 0.140 e. The second-order valence-corrected chi connectivity index (χ2v) is 4.92. The Morgan fingerprint density at radius 2 is 2.00 bits per heavy atom. The number of nitrogen functional groups attached to an aromatic ring is 1. The maximum atomic E-state index is 6.15. The normalized spacial score (nSPS) is 23.8. The number of hydrogen-bond acceptors (Lipinski definition) is 6. The number of ether oxygens (including phenoxy) is 2. The second kappa shape index (κ2) is 6.49. The van der Waals surface area contributed by atoms with E-state index in [1.807, 2.05) is 0 Å². The van der Waals surface area contributed by atoms with E-state index in [0.717, 1.165) is 18.8 Å². The van der Waals surface area contributed by atoms with Crippen LogP contribution in [0.2, 0.25) is 5.02 Å². The Kier molecular flexibility index (Phi) is 4.95. The number of hydrazine groups is 1. The number of rotatable bonds is 5. The third-order valence-electron chi connectivity index (χ3n) is 3.34. The zero-order valence-electron chi connectivity index (χ0n) is 11.1. The number of hydrogen-bond donors (Lipinski definition) is 2. The largest absolute Gasteiger partial charge is 0.377 e. The highest BCUT2D eigenvalue weighted by molar-refractivity contribution is 6.31. The summed E-state index contributed by atoms with van der Waals surface area (Å²) in [6, 6.07) is 3.53. The molecule has 0 saturated carbocycles. The lowest BCUT2D eigenvalue weighted by atomic mass is 10.3. The first-order valence-corrected chi connectivity index (χ1v) is 6.45. The first-order valence-electron chi connectivity index (χ1n) is 6.08. The molecule has 1 saturated heterocycles. The van der Waals surface area contributed by atoms with E-state index >= 15 is 0 Å². The highest BCUT2D eigenvalue weighted by Crippen LogP contribution is 2.22. The van der Waals surface area contributed by atoms with Crippen molar-refractivity contribution in [2.75, 3.05) is 32.7 Å². The summed E-state index contributed by atoms with van der Waals surface area (Å²) in [6.45, 7) is 2.24. The van der Waals surface area contributed by atoms with Gasteiger partial charge in [0.1, 0.15) is 5.82 Å². The number of likely N-dealkylation sites (tertiary alicyclic amines) is 1. The third-order valence-corrected chi connectivity index (χ3v) is 3.68. The molecule has 6 nitrogen and oxygen atoms in total. The molecule has 0 radical (unpaired) electrons. The van der Waals surface area contributed by atoms with Crippen molar-refractivity contribution in [2.45, 2.75) is 18.8 Å². The molecule has 1 aromatic heterocycles. The van der Waals surface area contributed by atoms with Gasteiger partial charge in [-0.2, -0.15) is 0 Å². The van der Waals surface area contributed by atoms with E-state index in [-0.39, 0.29) is 12.2 Å². The summed E-state index contributed by atoms with van der Waals surface area (Å²) in [5.41, 5.74) is 3.32. The Morgan fingerprint density at radius 3 is 2.53 bits per heavy atom. The van der Waals surface area contributed by atoms with Crippen LogP contribution in [0.25, 0.3) is 0 Å². The van der Waals surface area contributed by atoms with Gasteiger partial charge in [-0.25, -0.2) is 10.8 Å².